The maximum absolute atomic E-state index is 6.00. The molecule has 0 aliphatic heterocycles. The first-order valence-electron chi connectivity index (χ1n) is 7.48. The molecular weight excluding hydrogens is 256 g/mol. The van der Waals surface area contributed by atoms with Crippen LogP contribution in [-0.4, -0.2) is 23.7 Å². The van der Waals surface area contributed by atoms with Crippen LogP contribution in [0.4, 0.5) is 0 Å². The predicted octanol–water partition coefficient (Wildman–Crippen LogP) is 3.70. The Hall–Kier alpha value is -0.450. The molecular formula is C15H26N2OS. The van der Waals surface area contributed by atoms with Crippen molar-refractivity contribution in [1.82, 2.24) is 10.3 Å². The van der Waals surface area contributed by atoms with Crippen molar-refractivity contribution in [3.63, 3.8) is 0 Å². The quantitative estimate of drug-likeness (QED) is 0.864. The number of aromatic nitrogens is 1. The molecule has 1 aliphatic rings. The van der Waals surface area contributed by atoms with E-state index in [1.165, 1.54) is 30.7 Å². The van der Waals surface area contributed by atoms with Gasteiger partial charge in [0.1, 0.15) is 0 Å². The Morgan fingerprint density at radius 2 is 2.11 bits per heavy atom. The summed E-state index contributed by atoms with van der Waals surface area (Å²) < 4.78 is 6.00. The number of rotatable bonds is 6. The molecule has 0 unspecified atom stereocenters. The molecule has 1 heterocycles. The third-order valence-electron chi connectivity index (χ3n) is 3.70. The van der Waals surface area contributed by atoms with E-state index in [9.17, 15) is 0 Å². The first-order valence-corrected chi connectivity index (χ1v) is 8.36. The lowest BCUT2D eigenvalue weighted by atomic mass is 9.93. The maximum atomic E-state index is 6.00. The summed E-state index contributed by atoms with van der Waals surface area (Å²) in [5, 5.41) is 6.88. The smallest absolute Gasteiger partial charge is 0.0954 e. The van der Waals surface area contributed by atoms with Gasteiger partial charge in [-0.1, -0.05) is 20.8 Å². The van der Waals surface area contributed by atoms with Gasteiger partial charge in [-0.15, -0.1) is 11.3 Å². The van der Waals surface area contributed by atoms with Crippen LogP contribution in [0.5, 0.6) is 0 Å². The van der Waals surface area contributed by atoms with Crippen LogP contribution in [0, 0.1) is 0 Å². The SMILES string of the molecule is CCNC1CCC(OCc2csc(C(C)C)n2)CC1. The molecule has 1 aromatic heterocycles. The Bertz CT molecular complexity index is 370. The van der Waals surface area contributed by atoms with Gasteiger partial charge < -0.3 is 10.1 Å². The van der Waals surface area contributed by atoms with Crippen molar-refractivity contribution in [2.24, 2.45) is 0 Å². The predicted molar refractivity (Wildman–Crippen MR) is 80.7 cm³/mol. The second-order valence-electron chi connectivity index (χ2n) is 5.67. The fraction of sp³-hybridized carbons (Fsp3) is 0.800. The topological polar surface area (TPSA) is 34.1 Å². The molecule has 3 nitrogen and oxygen atoms in total. The highest BCUT2D eigenvalue weighted by Gasteiger charge is 2.21. The molecule has 0 radical (unpaired) electrons. The second kappa shape index (κ2) is 7.36. The Kier molecular flexibility index (Phi) is 5.79. The lowest BCUT2D eigenvalue weighted by molar-refractivity contribution is 0.0101. The number of thiazole rings is 1. The first-order chi connectivity index (χ1) is 9.19. The summed E-state index contributed by atoms with van der Waals surface area (Å²) in [6.45, 7) is 8.31. The van der Waals surface area contributed by atoms with Gasteiger partial charge in [-0.05, 0) is 32.2 Å². The number of hydrogen-bond acceptors (Lipinski definition) is 4. The van der Waals surface area contributed by atoms with Gasteiger partial charge in [0.05, 0.1) is 23.4 Å². The van der Waals surface area contributed by atoms with E-state index in [1.807, 2.05) is 0 Å². The molecule has 1 fully saturated rings. The molecule has 0 amide bonds. The molecule has 108 valence electrons. The number of nitrogens with zero attached hydrogens (tertiary/aromatic N) is 1. The minimum absolute atomic E-state index is 0.430. The Morgan fingerprint density at radius 1 is 1.37 bits per heavy atom. The molecule has 0 atom stereocenters. The fourth-order valence-corrected chi connectivity index (χ4v) is 3.40. The summed E-state index contributed by atoms with van der Waals surface area (Å²) in [4.78, 5) is 4.62. The normalized spacial score (nSPS) is 24.0. The minimum Gasteiger partial charge on any atom is -0.372 e. The second-order valence-corrected chi connectivity index (χ2v) is 6.56. The van der Waals surface area contributed by atoms with Crippen LogP contribution in [0.2, 0.25) is 0 Å². The molecule has 0 bridgehead atoms. The monoisotopic (exact) mass is 282 g/mol. The van der Waals surface area contributed by atoms with Crippen molar-refractivity contribution < 1.29 is 4.74 Å². The summed E-state index contributed by atoms with van der Waals surface area (Å²) in [5.41, 5.74) is 1.10. The third kappa shape index (κ3) is 4.55. The fourth-order valence-electron chi connectivity index (χ4n) is 2.58. The maximum Gasteiger partial charge on any atom is 0.0954 e. The van der Waals surface area contributed by atoms with Gasteiger partial charge in [0, 0.05) is 17.3 Å². The summed E-state index contributed by atoms with van der Waals surface area (Å²) in [6.07, 6.45) is 5.27. The highest BCUT2D eigenvalue weighted by atomic mass is 32.1. The van der Waals surface area contributed by atoms with Gasteiger partial charge >= 0.3 is 0 Å². The average Bonchev–Trinajstić information content (AvgIpc) is 2.87. The van der Waals surface area contributed by atoms with E-state index >= 15 is 0 Å². The van der Waals surface area contributed by atoms with E-state index in [-0.39, 0.29) is 0 Å². The van der Waals surface area contributed by atoms with E-state index in [0.29, 0.717) is 24.7 Å². The largest absolute Gasteiger partial charge is 0.372 e. The van der Waals surface area contributed by atoms with Gasteiger partial charge in [-0.2, -0.15) is 0 Å². The molecule has 1 N–H and O–H groups in total. The average molecular weight is 282 g/mol. The summed E-state index contributed by atoms with van der Waals surface area (Å²) in [6, 6.07) is 0.705. The zero-order valence-electron chi connectivity index (χ0n) is 12.3. The van der Waals surface area contributed by atoms with Gasteiger partial charge in [0.2, 0.25) is 0 Å². The zero-order chi connectivity index (χ0) is 13.7. The molecule has 19 heavy (non-hydrogen) atoms. The standard InChI is InChI=1S/C15H26N2OS/c1-4-16-12-5-7-14(8-6-12)18-9-13-10-19-15(17-13)11(2)3/h10-12,14,16H,4-9H2,1-3H3. The van der Waals surface area contributed by atoms with Crippen LogP contribution < -0.4 is 5.32 Å². The Morgan fingerprint density at radius 3 is 2.68 bits per heavy atom. The van der Waals surface area contributed by atoms with Gasteiger partial charge in [0.15, 0.2) is 0 Å². The lowest BCUT2D eigenvalue weighted by Crippen LogP contribution is -2.35. The third-order valence-corrected chi connectivity index (χ3v) is 4.89. The lowest BCUT2D eigenvalue weighted by Gasteiger charge is -2.28. The molecule has 1 saturated carbocycles. The van der Waals surface area contributed by atoms with Crippen LogP contribution in [0.15, 0.2) is 5.38 Å². The van der Waals surface area contributed by atoms with Crippen molar-refractivity contribution in [3.05, 3.63) is 16.1 Å². The first kappa shape index (κ1) is 14.9. The van der Waals surface area contributed by atoms with E-state index in [2.05, 4.69) is 36.5 Å². The summed E-state index contributed by atoms with van der Waals surface area (Å²) in [7, 11) is 0. The number of ether oxygens (including phenoxy) is 1. The minimum atomic E-state index is 0.430. The van der Waals surface area contributed by atoms with E-state index in [0.717, 1.165) is 12.2 Å². The van der Waals surface area contributed by atoms with Gasteiger partial charge in [-0.25, -0.2) is 4.98 Å². The molecule has 4 heteroatoms. The van der Waals surface area contributed by atoms with Gasteiger partial charge in [-0.3, -0.25) is 0 Å². The molecule has 0 spiro atoms. The van der Waals surface area contributed by atoms with Crippen LogP contribution in [0.1, 0.15) is 63.1 Å². The highest BCUT2D eigenvalue weighted by molar-refractivity contribution is 7.09. The van der Waals surface area contributed by atoms with Gasteiger partial charge in [0.25, 0.3) is 0 Å². The molecule has 0 aromatic carbocycles. The van der Waals surface area contributed by atoms with Crippen LogP contribution in [0.3, 0.4) is 0 Å². The van der Waals surface area contributed by atoms with Crippen molar-refractivity contribution in [2.75, 3.05) is 6.54 Å². The van der Waals surface area contributed by atoms with E-state index in [4.69, 9.17) is 4.74 Å². The molecule has 0 saturated heterocycles. The van der Waals surface area contributed by atoms with Crippen LogP contribution >= 0.6 is 11.3 Å². The zero-order valence-corrected chi connectivity index (χ0v) is 13.1. The van der Waals surface area contributed by atoms with Crippen molar-refractivity contribution in [2.45, 2.75) is 71.1 Å². The summed E-state index contributed by atoms with van der Waals surface area (Å²) in [5.74, 6) is 0.523. The Balaban J connectivity index is 1.71. The number of nitrogens with one attached hydrogen (secondary N) is 1. The molecule has 2 rings (SSSR count). The van der Waals surface area contributed by atoms with Crippen molar-refractivity contribution >= 4 is 11.3 Å². The van der Waals surface area contributed by atoms with Crippen molar-refractivity contribution in [3.8, 4) is 0 Å². The molecule has 1 aromatic rings. The van der Waals surface area contributed by atoms with Crippen molar-refractivity contribution in [1.29, 1.82) is 0 Å². The van der Waals surface area contributed by atoms with Crippen LogP contribution in [-0.2, 0) is 11.3 Å². The van der Waals surface area contributed by atoms with Crippen LogP contribution in [0.25, 0.3) is 0 Å². The highest BCUT2D eigenvalue weighted by Crippen LogP contribution is 2.24. The van der Waals surface area contributed by atoms with E-state index in [1.54, 1.807) is 11.3 Å². The Labute approximate surface area is 120 Å². The summed E-state index contributed by atoms with van der Waals surface area (Å²) >= 11 is 1.75. The number of hydrogen-bond donors (Lipinski definition) is 1. The van der Waals surface area contributed by atoms with E-state index < -0.39 is 0 Å². The molecule has 1 aliphatic carbocycles.